The largest absolute Gasteiger partial charge is 0.463 e. The monoisotopic (exact) mass is 482 g/mol. The van der Waals surface area contributed by atoms with E-state index in [0.29, 0.717) is 72.8 Å². The van der Waals surface area contributed by atoms with Gasteiger partial charge < -0.3 is 13.9 Å². The van der Waals surface area contributed by atoms with Crippen molar-refractivity contribution in [2.75, 3.05) is 44.8 Å². The SMILES string of the molecule is O=C(Nc1nc(-c2ccco2)c(C(=O)C2CCOCC2)s1)c1ccnc(CN2CCOCC2)c1. The van der Waals surface area contributed by atoms with Crippen molar-refractivity contribution in [1.82, 2.24) is 14.9 Å². The fourth-order valence-corrected chi connectivity index (χ4v) is 5.11. The minimum atomic E-state index is -0.296. The number of ketones is 1. The molecule has 34 heavy (non-hydrogen) atoms. The molecule has 5 rings (SSSR count). The van der Waals surface area contributed by atoms with E-state index in [2.05, 4.69) is 20.2 Å². The molecule has 178 valence electrons. The highest BCUT2D eigenvalue weighted by Crippen LogP contribution is 2.35. The van der Waals surface area contributed by atoms with Gasteiger partial charge in [-0.3, -0.25) is 24.8 Å². The highest BCUT2D eigenvalue weighted by molar-refractivity contribution is 7.18. The van der Waals surface area contributed by atoms with Gasteiger partial charge in [-0.05, 0) is 37.1 Å². The third-order valence-electron chi connectivity index (χ3n) is 5.99. The Hall–Kier alpha value is -2.92. The number of furan rings is 1. The van der Waals surface area contributed by atoms with Crippen LogP contribution in [-0.4, -0.2) is 66.1 Å². The fourth-order valence-electron chi connectivity index (χ4n) is 4.13. The van der Waals surface area contributed by atoms with E-state index < -0.39 is 0 Å². The second-order valence-electron chi connectivity index (χ2n) is 8.30. The number of hydrogen-bond acceptors (Lipinski definition) is 9. The first-order chi connectivity index (χ1) is 16.7. The number of anilines is 1. The van der Waals surface area contributed by atoms with Gasteiger partial charge in [0.05, 0.1) is 25.2 Å². The Kier molecular flexibility index (Phi) is 7.10. The van der Waals surface area contributed by atoms with Gasteiger partial charge in [0, 0.05) is 50.5 Å². The second-order valence-corrected chi connectivity index (χ2v) is 9.30. The summed E-state index contributed by atoms with van der Waals surface area (Å²) in [5.74, 6) is 0.109. The van der Waals surface area contributed by atoms with Crippen LogP contribution in [0.15, 0.2) is 41.1 Å². The van der Waals surface area contributed by atoms with Gasteiger partial charge in [0.1, 0.15) is 10.6 Å². The topological polar surface area (TPSA) is 107 Å². The summed E-state index contributed by atoms with van der Waals surface area (Å²) in [5, 5.41) is 3.22. The van der Waals surface area contributed by atoms with E-state index in [4.69, 9.17) is 13.9 Å². The molecule has 0 spiro atoms. The van der Waals surface area contributed by atoms with Gasteiger partial charge in [-0.25, -0.2) is 4.98 Å². The average molecular weight is 483 g/mol. The molecule has 0 aromatic carbocycles. The van der Waals surface area contributed by atoms with Crippen LogP contribution in [0.5, 0.6) is 0 Å². The quantitative estimate of drug-likeness (QED) is 0.510. The van der Waals surface area contributed by atoms with Gasteiger partial charge in [-0.15, -0.1) is 0 Å². The number of amides is 1. The molecule has 3 aromatic heterocycles. The number of Topliss-reactive ketones (excluding diaryl/α,β-unsaturated/α-hetero) is 1. The van der Waals surface area contributed by atoms with Crippen LogP contribution >= 0.6 is 11.3 Å². The van der Waals surface area contributed by atoms with Crippen LogP contribution in [-0.2, 0) is 16.0 Å². The molecule has 0 radical (unpaired) electrons. The van der Waals surface area contributed by atoms with Gasteiger partial charge >= 0.3 is 0 Å². The minimum absolute atomic E-state index is 0.0180. The van der Waals surface area contributed by atoms with Crippen molar-refractivity contribution >= 4 is 28.2 Å². The fraction of sp³-hybridized carbons (Fsp3) is 0.417. The van der Waals surface area contributed by atoms with Crippen molar-refractivity contribution in [3.8, 4) is 11.5 Å². The highest BCUT2D eigenvalue weighted by atomic mass is 32.1. The summed E-state index contributed by atoms with van der Waals surface area (Å²) < 4.78 is 16.3. The molecule has 5 heterocycles. The zero-order valence-electron chi connectivity index (χ0n) is 18.7. The van der Waals surface area contributed by atoms with Crippen LogP contribution in [0.1, 0.15) is 38.6 Å². The Morgan fingerprint density at radius 1 is 1.12 bits per heavy atom. The molecule has 2 aliphatic rings. The van der Waals surface area contributed by atoms with Crippen LogP contribution in [0, 0.1) is 5.92 Å². The van der Waals surface area contributed by atoms with E-state index in [1.54, 1.807) is 36.7 Å². The Labute approximate surface area is 201 Å². The number of nitrogens with zero attached hydrogens (tertiary/aromatic N) is 3. The predicted molar refractivity (Wildman–Crippen MR) is 126 cm³/mol. The number of pyridine rings is 1. The second kappa shape index (κ2) is 10.6. The molecule has 0 atom stereocenters. The third-order valence-corrected chi connectivity index (χ3v) is 6.97. The predicted octanol–water partition coefficient (Wildman–Crippen LogP) is 3.49. The maximum absolute atomic E-state index is 13.3. The number of rotatable bonds is 7. The minimum Gasteiger partial charge on any atom is -0.463 e. The first kappa shape index (κ1) is 22.9. The molecule has 3 aromatic rings. The summed E-state index contributed by atoms with van der Waals surface area (Å²) >= 11 is 1.18. The Bertz CT molecular complexity index is 1130. The number of thiazole rings is 1. The number of morpholine rings is 1. The molecule has 0 aliphatic carbocycles. The summed E-state index contributed by atoms with van der Waals surface area (Å²) in [4.78, 5) is 38.0. The molecule has 2 saturated heterocycles. The number of hydrogen-bond donors (Lipinski definition) is 1. The first-order valence-corrected chi connectivity index (χ1v) is 12.2. The van der Waals surface area contributed by atoms with E-state index >= 15 is 0 Å². The molecule has 10 heteroatoms. The normalized spacial score (nSPS) is 17.5. The van der Waals surface area contributed by atoms with Crippen LogP contribution in [0.4, 0.5) is 5.13 Å². The van der Waals surface area contributed by atoms with Crippen LogP contribution in [0.3, 0.4) is 0 Å². The zero-order valence-corrected chi connectivity index (χ0v) is 19.5. The lowest BCUT2D eigenvalue weighted by atomic mass is 9.94. The molecular weight excluding hydrogens is 456 g/mol. The van der Waals surface area contributed by atoms with E-state index in [-0.39, 0.29) is 17.6 Å². The van der Waals surface area contributed by atoms with E-state index in [1.807, 2.05) is 0 Å². The van der Waals surface area contributed by atoms with E-state index in [9.17, 15) is 9.59 Å². The van der Waals surface area contributed by atoms with Crippen LogP contribution in [0.25, 0.3) is 11.5 Å². The van der Waals surface area contributed by atoms with Gasteiger partial charge in [0.15, 0.2) is 16.7 Å². The number of carbonyl (C=O) groups is 2. The van der Waals surface area contributed by atoms with Gasteiger partial charge in [0.2, 0.25) is 0 Å². The lowest BCUT2D eigenvalue weighted by Gasteiger charge is -2.26. The van der Waals surface area contributed by atoms with Gasteiger partial charge in [-0.2, -0.15) is 0 Å². The summed E-state index contributed by atoms with van der Waals surface area (Å²) in [5.41, 5.74) is 1.77. The molecule has 1 amide bonds. The number of carbonyl (C=O) groups excluding carboxylic acids is 2. The smallest absolute Gasteiger partial charge is 0.257 e. The molecular formula is C24H26N4O5S. The van der Waals surface area contributed by atoms with Crippen molar-refractivity contribution in [2.24, 2.45) is 5.92 Å². The van der Waals surface area contributed by atoms with Crippen molar-refractivity contribution in [2.45, 2.75) is 19.4 Å². The Morgan fingerprint density at radius 3 is 2.68 bits per heavy atom. The lowest BCUT2D eigenvalue weighted by molar-refractivity contribution is 0.0336. The maximum Gasteiger partial charge on any atom is 0.257 e. The standard InChI is InChI=1S/C24H26N4O5S/c29-21(16-4-10-31-11-5-16)22-20(19-2-1-9-33-19)26-24(34-22)27-23(30)17-3-6-25-18(14-17)15-28-7-12-32-13-8-28/h1-3,6,9,14,16H,4-5,7-8,10-13,15H2,(H,26,27,30). The number of aromatic nitrogens is 2. The molecule has 0 saturated carbocycles. The molecule has 9 nitrogen and oxygen atoms in total. The van der Waals surface area contributed by atoms with Crippen LogP contribution < -0.4 is 5.32 Å². The maximum atomic E-state index is 13.3. The molecule has 0 unspecified atom stereocenters. The summed E-state index contributed by atoms with van der Waals surface area (Å²) in [6.45, 7) is 4.91. The van der Waals surface area contributed by atoms with E-state index in [1.165, 1.54) is 11.3 Å². The first-order valence-electron chi connectivity index (χ1n) is 11.4. The molecule has 2 aliphatic heterocycles. The van der Waals surface area contributed by atoms with Crippen molar-refractivity contribution in [1.29, 1.82) is 0 Å². The summed E-state index contributed by atoms with van der Waals surface area (Å²) in [7, 11) is 0. The van der Waals surface area contributed by atoms with Crippen molar-refractivity contribution < 1.29 is 23.5 Å². The summed E-state index contributed by atoms with van der Waals surface area (Å²) in [6, 6.07) is 6.98. The van der Waals surface area contributed by atoms with Gasteiger partial charge in [0.25, 0.3) is 5.91 Å². The Morgan fingerprint density at radius 2 is 1.91 bits per heavy atom. The Balaban J connectivity index is 1.34. The average Bonchev–Trinajstić information content (AvgIpc) is 3.55. The molecule has 1 N–H and O–H groups in total. The van der Waals surface area contributed by atoms with E-state index in [0.717, 1.165) is 18.8 Å². The number of ether oxygens (including phenoxy) is 2. The molecule has 2 fully saturated rings. The molecule has 0 bridgehead atoms. The number of nitrogens with one attached hydrogen (secondary N) is 1. The van der Waals surface area contributed by atoms with Crippen molar-refractivity contribution in [3.63, 3.8) is 0 Å². The van der Waals surface area contributed by atoms with Gasteiger partial charge in [-0.1, -0.05) is 11.3 Å². The van der Waals surface area contributed by atoms with Crippen LogP contribution in [0.2, 0.25) is 0 Å². The lowest BCUT2D eigenvalue weighted by Crippen LogP contribution is -2.35. The van der Waals surface area contributed by atoms with Crippen molar-refractivity contribution in [3.05, 3.63) is 52.9 Å². The summed E-state index contributed by atoms with van der Waals surface area (Å²) in [6.07, 6.45) is 4.54. The third kappa shape index (κ3) is 5.25. The highest BCUT2D eigenvalue weighted by Gasteiger charge is 2.29. The zero-order chi connectivity index (χ0) is 23.3.